The van der Waals surface area contributed by atoms with Gasteiger partial charge in [-0.05, 0) is 35.2 Å². The zero-order valence-electron chi connectivity index (χ0n) is 10.4. The highest BCUT2D eigenvalue weighted by Gasteiger charge is 2.26. The molecule has 0 radical (unpaired) electrons. The fourth-order valence-corrected chi connectivity index (χ4v) is 2.71. The van der Waals surface area contributed by atoms with Crippen molar-refractivity contribution in [3.05, 3.63) is 72.3 Å². The molecule has 1 aliphatic carbocycles. The molecule has 0 aliphatic heterocycles. The van der Waals surface area contributed by atoms with Gasteiger partial charge in [0.05, 0.1) is 6.04 Å². The van der Waals surface area contributed by atoms with E-state index in [0.717, 1.165) is 13.0 Å². The molecular weight excluding hydrogens is 218 g/mol. The molecule has 0 atom stereocenters. The van der Waals surface area contributed by atoms with Gasteiger partial charge >= 0.3 is 0 Å². The molecule has 0 saturated carbocycles. The van der Waals surface area contributed by atoms with Gasteiger partial charge in [-0.2, -0.15) is 0 Å². The lowest BCUT2D eigenvalue weighted by Crippen LogP contribution is -2.21. The van der Waals surface area contributed by atoms with Crippen molar-refractivity contribution >= 4 is 0 Å². The summed E-state index contributed by atoms with van der Waals surface area (Å²) < 4.78 is 0. The summed E-state index contributed by atoms with van der Waals surface area (Å²) in [6, 6.07) is 17.7. The third-order valence-corrected chi connectivity index (χ3v) is 3.53. The second-order valence-corrected chi connectivity index (χ2v) is 4.64. The van der Waals surface area contributed by atoms with Crippen LogP contribution < -0.4 is 5.32 Å². The van der Waals surface area contributed by atoms with Crippen LogP contribution in [0.3, 0.4) is 0 Å². The molecule has 0 unspecified atom stereocenters. The Morgan fingerprint density at radius 1 is 0.944 bits per heavy atom. The van der Waals surface area contributed by atoms with Crippen LogP contribution >= 0.6 is 0 Å². The quantitative estimate of drug-likeness (QED) is 0.625. The Kier molecular flexibility index (Phi) is 2.99. The Bertz CT molecular complexity index is 526. The van der Waals surface area contributed by atoms with E-state index in [2.05, 4.69) is 60.4 Å². The van der Waals surface area contributed by atoms with Crippen LogP contribution in [0.4, 0.5) is 0 Å². The fourth-order valence-electron chi connectivity index (χ4n) is 2.71. The van der Waals surface area contributed by atoms with Crippen molar-refractivity contribution < 1.29 is 0 Å². The van der Waals surface area contributed by atoms with E-state index in [-0.39, 0.29) is 0 Å². The number of benzene rings is 2. The van der Waals surface area contributed by atoms with Gasteiger partial charge in [-0.15, -0.1) is 6.58 Å². The van der Waals surface area contributed by atoms with Crippen molar-refractivity contribution in [3.8, 4) is 11.1 Å². The van der Waals surface area contributed by atoms with Gasteiger partial charge in [0.1, 0.15) is 0 Å². The molecule has 3 rings (SSSR count). The molecule has 1 N–H and O–H groups in total. The lowest BCUT2D eigenvalue weighted by atomic mass is 10.1. The number of nitrogens with one attached hydrogen (secondary N) is 1. The summed E-state index contributed by atoms with van der Waals surface area (Å²) in [4.78, 5) is 0. The summed E-state index contributed by atoms with van der Waals surface area (Å²) in [7, 11) is 0. The maximum Gasteiger partial charge on any atom is 0.0589 e. The standard InChI is InChI=1S/C17H17N/c1-2-3-12-18-17-15-10-6-4-8-13(15)14-9-5-7-11-16(14)17/h2,4-11,17-18H,1,3,12H2. The first-order valence-electron chi connectivity index (χ1n) is 6.44. The second kappa shape index (κ2) is 4.79. The first-order valence-corrected chi connectivity index (χ1v) is 6.44. The van der Waals surface area contributed by atoms with Crippen LogP contribution in [0.25, 0.3) is 11.1 Å². The van der Waals surface area contributed by atoms with E-state index in [4.69, 9.17) is 0 Å². The highest BCUT2D eigenvalue weighted by atomic mass is 14.9. The highest BCUT2D eigenvalue weighted by Crippen LogP contribution is 2.42. The molecule has 0 bridgehead atoms. The predicted molar refractivity (Wildman–Crippen MR) is 76.5 cm³/mol. The van der Waals surface area contributed by atoms with E-state index >= 15 is 0 Å². The lowest BCUT2D eigenvalue weighted by Gasteiger charge is -2.15. The van der Waals surface area contributed by atoms with E-state index < -0.39 is 0 Å². The molecule has 90 valence electrons. The van der Waals surface area contributed by atoms with E-state index in [1.54, 1.807) is 0 Å². The van der Waals surface area contributed by atoms with Gasteiger partial charge in [-0.25, -0.2) is 0 Å². The maximum atomic E-state index is 3.77. The van der Waals surface area contributed by atoms with Crippen molar-refractivity contribution in [2.45, 2.75) is 12.5 Å². The molecule has 2 aromatic carbocycles. The summed E-state index contributed by atoms with van der Waals surface area (Å²) in [5, 5.41) is 3.62. The minimum Gasteiger partial charge on any atom is -0.306 e. The van der Waals surface area contributed by atoms with Gasteiger partial charge in [-0.1, -0.05) is 54.6 Å². The predicted octanol–water partition coefficient (Wildman–Crippen LogP) is 3.92. The van der Waals surface area contributed by atoms with Crippen molar-refractivity contribution in [3.63, 3.8) is 0 Å². The van der Waals surface area contributed by atoms with Crippen molar-refractivity contribution in [2.75, 3.05) is 6.54 Å². The average molecular weight is 235 g/mol. The van der Waals surface area contributed by atoms with E-state index in [0.29, 0.717) is 6.04 Å². The van der Waals surface area contributed by atoms with Crippen LogP contribution in [0, 0.1) is 0 Å². The minimum atomic E-state index is 0.331. The third-order valence-electron chi connectivity index (χ3n) is 3.53. The minimum absolute atomic E-state index is 0.331. The topological polar surface area (TPSA) is 12.0 Å². The summed E-state index contributed by atoms with van der Waals surface area (Å²) in [6.07, 6.45) is 2.96. The van der Waals surface area contributed by atoms with Crippen LogP contribution in [0.1, 0.15) is 23.6 Å². The molecule has 0 saturated heterocycles. The number of hydrogen-bond donors (Lipinski definition) is 1. The molecule has 0 fully saturated rings. The zero-order chi connectivity index (χ0) is 12.4. The SMILES string of the molecule is C=CCCNC1c2ccccc2-c2ccccc21. The van der Waals surface area contributed by atoms with E-state index in [9.17, 15) is 0 Å². The van der Waals surface area contributed by atoms with Gasteiger partial charge in [-0.3, -0.25) is 0 Å². The van der Waals surface area contributed by atoms with Gasteiger partial charge in [0, 0.05) is 0 Å². The summed E-state index contributed by atoms with van der Waals surface area (Å²) in [6.45, 7) is 4.74. The van der Waals surface area contributed by atoms with Crippen LogP contribution in [-0.2, 0) is 0 Å². The van der Waals surface area contributed by atoms with E-state index in [1.165, 1.54) is 22.3 Å². The largest absolute Gasteiger partial charge is 0.306 e. The molecular formula is C17H17N. The van der Waals surface area contributed by atoms with E-state index in [1.807, 2.05) is 6.08 Å². The Hall–Kier alpha value is -1.86. The number of hydrogen-bond acceptors (Lipinski definition) is 1. The van der Waals surface area contributed by atoms with Crippen LogP contribution in [0.2, 0.25) is 0 Å². The molecule has 18 heavy (non-hydrogen) atoms. The summed E-state index contributed by atoms with van der Waals surface area (Å²) in [5.74, 6) is 0. The molecule has 1 nitrogen and oxygen atoms in total. The average Bonchev–Trinajstić information content (AvgIpc) is 2.74. The Morgan fingerprint density at radius 2 is 1.50 bits per heavy atom. The first-order chi connectivity index (χ1) is 8.92. The molecule has 0 amide bonds. The van der Waals surface area contributed by atoms with Crippen LogP contribution in [0.15, 0.2) is 61.2 Å². The molecule has 0 spiro atoms. The van der Waals surface area contributed by atoms with Gasteiger partial charge in [0.2, 0.25) is 0 Å². The molecule has 1 heteroatoms. The zero-order valence-corrected chi connectivity index (χ0v) is 10.4. The van der Waals surface area contributed by atoms with Crippen LogP contribution in [0.5, 0.6) is 0 Å². The molecule has 2 aromatic rings. The normalized spacial score (nSPS) is 13.1. The second-order valence-electron chi connectivity index (χ2n) is 4.64. The van der Waals surface area contributed by atoms with Crippen molar-refractivity contribution in [1.82, 2.24) is 5.32 Å². The number of rotatable bonds is 4. The fraction of sp³-hybridized carbons (Fsp3) is 0.176. The Morgan fingerprint density at radius 3 is 2.06 bits per heavy atom. The Balaban J connectivity index is 2.01. The van der Waals surface area contributed by atoms with Gasteiger partial charge in [0.25, 0.3) is 0 Å². The van der Waals surface area contributed by atoms with Gasteiger partial charge in [0.15, 0.2) is 0 Å². The molecule has 0 heterocycles. The smallest absolute Gasteiger partial charge is 0.0589 e. The third kappa shape index (κ3) is 1.77. The molecule has 1 aliphatic rings. The van der Waals surface area contributed by atoms with Gasteiger partial charge < -0.3 is 5.32 Å². The molecule has 0 aromatic heterocycles. The lowest BCUT2D eigenvalue weighted by molar-refractivity contribution is 0.621. The first kappa shape index (κ1) is 11.2. The number of fused-ring (bicyclic) bond motifs is 3. The Labute approximate surface area is 108 Å². The van der Waals surface area contributed by atoms with Crippen molar-refractivity contribution in [2.24, 2.45) is 0 Å². The highest BCUT2D eigenvalue weighted by molar-refractivity contribution is 5.78. The van der Waals surface area contributed by atoms with Crippen LogP contribution in [-0.4, -0.2) is 6.54 Å². The summed E-state index contributed by atoms with van der Waals surface area (Å²) in [5.41, 5.74) is 5.51. The van der Waals surface area contributed by atoms with Crippen molar-refractivity contribution in [1.29, 1.82) is 0 Å². The monoisotopic (exact) mass is 235 g/mol. The maximum absolute atomic E-state index is 3.77. The summed E-state index contributed by atoms with van der Waals surface area (Å²) >= 11 is 0.